The van der Waals surface area contributed by atoms with E-state index in [-0.39, 0.29) is 11.1 Å². The number of aromatic amines is 1. The van der Waals surface area contributed by atoms with Crippen molar-refractivity contribution >= 4 is 5.65 Å². The number of H-pyrrole nitrogens is 1. The van der Waals surface area contributed by atoms with E-state index in [1.165, 1.54) is 18.4 Å². The number of nitrogens with one attached hydrogen (secondary N) is 2. The van der Waals surface area contributed by atoms with Gasteiger partial charge in [0, 0.05) is 18.0 Å². The van der Waals surface area contributed by atoms with Crippen LogP contribution in [0.1, 0.15) is 30.5 Å². The maximum Gasteiger partial charge on any atom is 0.292 e. The largest absolute Gasteiger partial charge is 0.317 e. The van der Waals surface area contributed by atoms with Gasteiger partial charge in [-0.25, -0.2) is 4.98 Å². The first-order chi connectivity index (χ1) is 10.8. The number of hydrogen-bond acceptors (Lipinski definition) is 3. The van der Waals surface area contributed by atoms with Crippen molar-refractivity contribution in [3.05, 3.63) is 58.3 Å². The Morgan fingerprint density at radius 1 is 1.23 bits per heavy atom. The highest BCUT2D eigenvalue weighted by Crippen LogP contribution is 2.49. The molecule has 1 spiro atoms. The SMILES string of the molecule is O=c1[nH]c2c(n3ccnc13)C1(CCCCN1)c1ccccc1-2. The van der Waals surface area contributed by atoms with Gasteiger partial charge in [0.1, 0.15) is 0 Å². The Bertz CT molecular complexity index is 947. The maximum absolute atomic E-state index is 12.3. The van der Waals surface area contributed by atoms with Crippen molar-refractivity contribution in [3.8, 4) is 11.3 Å². The number of benzene rings is 1. The van der Waals surface area contributed by atoms with Crippen LogP contribution in [-0.2, 0) is 5.54 Å². The normalized spacial score (nSPS) is 22.9. The lowest BCUT2D eigenvalue weighted by atomic mass is 9.82. The summed E-state index contributed by atoms with van der Waals surface area (Å²) in [5.74, 6) is 0. The highest BCUT2D eigenvalue weighted by Gasteiger charge is 2.46. The van der Waals surface area contributed by atoms with Gasteiger partial charge < -0.3 is 10.3 Å². The first kappa shape index (κ1) is 12.2. The van der Waals surface area contributed by atoms with Crippen LogP contribution in [0, 0.1) is 0 Å². The first-order valence-electron chi connectivity index (χ1n) is 7.76. The third-order valence-corrected chi connectivity index (χ3v) is 5.03. The lowest BCUT2D eigenvalue weighted by Gasteiger charge is -2.36. The Labute approximate surface area is 127 Å². The first-order valence-corrected chi connectivity index (χ1v) is 7.76. The molecule has 5 nitrogen and oxygen atoms in total. The van der Waals surface area contributed by atoms with Crippen LogP contribution >= 0.6 is 0 Å². The van der Waals surface area contributed by atoms with Crippen LogP contribution in [0.4, 0.5) is 0 Å². The fourth-order valence-corrected chi connectivity index (χ4v) is 4.15. The molecule has 5 rings (SSSR count). The second-order valence-electron chi connectivity index (χ2n) is 6.13. The summed E-state index contributed by atoms with van der Waals surface area (Å²) in [5.41, 5.74) is 4.57. The summed E-state index contributed by atoms with van der Waals surface area (Å²) in [5, 5.41) is 3.74. The van der Waals surface area contributed by atoms with Crippen LogP contribution in [0.2, 0.25) is 0 Å². The average Bonchev–Trinajstić information content (AvgIpc) is 3.13. The second-order valence-corrected chi connectivity index (χ2v) is 6.13. The molecule has 2 N–H and O–H groups in total. The second kappa shape index (κ2) is 4.08. The summed E-state index contributed by atoms with van der Waals surface area (Å²) in [6.45, 7) is 0.989. The Morgan fingerprint density at radius 3 is 3.00 bits per heavy atom. The molecule has 0 saturated carbocycles. The maximum atomic E-state index is 12.3. The summed E-state index contributed by atoms with van der Waals surface area (Å²) in [7, 11) is 0. The van der Waals surface area contributed by atoms with Gasteiger partial charge in [-0.2, -0.15) is 0 Å². The van der Waals surface area contributed by atoms with Gasteiger partial charge in [-0.3, -0.25) is 9.20 Å². The van der Waals surface area contributed by atoms with Crippen LogP contribution in [0.15, 0.2) is 41.5 Å². The van der Waals surface area contributed by atoms with Crippen molar-refractivity contribution in [2.45, 2.75) is 24.8 Å². The van der Waals surface area contributed by atoms with Crippen LogP contribution < -0.4 is 10.9 Å². The van der Waals surface area contributed by atoms with Crippen LogP contribution in [0.25, 0.3) is 16.9 Å². The molecular weight excluding hydrogens is 276 g/mol. The quantitative estimate of drug-likeness (QED) is 0.666. The standard InChI is InChI=1S/C17H16N4O/c22-16-15-18-9-10-21(15)14-13(20-16)11-5-1-2-6-12(11)17(14)7-3-4-8-19-17/h1-2,5-6,9-10,19H,3-4,7-8H2,(H,20,22). The monoisotopic (exact) mass is 292 g/mol. The van der Waals surface area contributed by atoms with Crippen LogP contribution in [-0.4, -0.2) is 20.9 Å². The topological polar surface area (TPSA) is 62.2 Å². The third-order valence-electron chi connectivity index (χ3n) is 5.03. The molecule has 22 heavy (non-hydrogen) atoms. The number of rotatable bonds is 0. The van der Waals surface area contributed by atoms with Crippen LogP contribution in [0.3, 0.4) is 0 Å². The molecule has 0 radical (unpaired) electrons. The molecule has 1 saturated heterocycles. The summed E-state index contributed by atoms with van der Waals surface area (Å²) in [4.78, 5) is 19.6. The van der Waals surface area contributed by atoms with Gasteiger partial charge in [-0.1, -0.05) is 24.3 Å². The minimum absolute atomic E-state index is 0.133. The van der Waals surface area contributed by atoms with Gasteiger partial charge in [-0.05, 0) is 31.4 Å². The number of nitrogens with zero attached hydrogens (tertiary/aromatic N) is 2. The molecular formula is C17H16N4O. The minimum Gasteiger partial charge on any atom is -0.317 e. The van der Waals surface area contributed by atoms with Crippen molar-refractivity contribution in [2.75, 3.05) is 6.54 Å². The third kappa shape index (κ3) is 1.32. The summed E-state index contributed by atoms with van der Waals surface area (Å²) >= 11 is 0. The summed E-state index contributed by atoms with van der Waals surface area (Å²) in [6.07, 6.45) is 7.00. The minimum atomic E-state index is -0.215. The fraction of sp³-hybridized carbons (Fsp3) is 0.294. The molecule has 1 fully saturated rings. The zero-order chi connectivity index (χ0) is 14.7. The molecule has 1 aliphatic heterocycles. The summed E-state index contributed by atoms with van der Waals surface area (Å²) < 4.78 is 1.96. The molecule has 110 valence electrons. The fourth-order valence-electron chi connectivity index (χ4n) is 4.15. The number of aromatic nitrogens is 3. The van der Waals surface area contributed by atoms with E-state index >= 15 is 0 Å². The van der Waals surface area contributed by atoms with E-state index in [2.05, 4.69) is 33.5 Å². The molecule has 2 aliphatic rings. The zero-order valence-corrected chi connectivity index (χ0v) is 12.1. The molecule has 0 amide bonds. The Kier molecular flexibility index (Phi) is 2.26. The van der Waals surface area contributed by atoms with E-state index in [1.54, 1.807) is 6.20 Å². The molecule has 1 atom stereocenters. The molecule has 0 bridgehead atoms. The molecule has 5 heteroatoms. The van der Waals surface area contributed by atoms with Gasteiger partial charge in [0.05, 0.1) is 16.9 Å². The van der Waals surface area contributed by atoms with Gasteiger partial charge in [0.25, 0.3) is 5.56 Å². The summed E-state index contributed by atoms with van der Waals surface area (Å²) in [6, 6.07) is 8.37. The van der Waals surface area contributed by atoms with E-state index in [0.29, 0.717) is 5.65 Å². The van der Waals surface area contributed by atoms with Crippen molar-refractivity contribution < 1.29 is 0 Å². The van der Waals surface area contributed by atoms with E-state index in [0.717, 1.165) is 29.9 Å². The lowest BCUT2D eigenvalue weighted by Crippen LogP contribution is -2.46. The Balaban J connectivity index is 1.97. The molecule has 1 aromatic carbocycles. The van der Waals surface area contributed by atoms with Crippen LogP contribution in [0.5, 0.6) is 0 Å². The van der Waals surface area contributed by atoms with E-state index in [4.69, 9.17) is 0 Å². The molecule has 2 aromatic heterocycles. The predicted molar refractivity (Wildman–Crippen MR) is 83.9 cm³/mol. The highest BCUT2D eigenvalue weighted by molar-refractivity contribution is 5.77. The van der Waals surface area contributed by atoms with Gasteiger partial charge in [0.2, 0.25) is 5.65 Å². The van der Waals surface area contributed by atoms with Crippen molar-refractivity contribution in [1.82, 2.24) is 19.7 Å². The molecule has 1 aliphatic carbocycles. The van der Waals surface area contributed by atoms with Gasteiger partial charge >= 0.3 is 0 Å². The average molecular weight is 292 g/mol. The van der Waals surface area contributed by atoms with Crippen molar-refractivity contribution in [2.24, 2.45) is 0 Å². The molecule has 3 heterocycles. The number of fused-ring (bicyclic) bond motifs is 7. The van der Waals surface area contributed by atoms with Crippen molar-refractivity contribution in [3.63, 3.8) is 0 Å². The van der Waals surface area contributed by atoms with Gasteiger partial charge in [0.15, 0.2) is 0 Å². The lowest BCUT2D eigenvalue weighted by molar-refractivity contribution is 0.308. The smallest absolute Gasteiger partial charge is 0.292 e. The van der Waals surface area contributed by atoms with E-state index in [9.17, 15) is 4.79 Å². The number of piperidine rings is 1. The molecule has 1 unspecified atom stereocenters. The van der Waals surface area contributed by atoms with Gasteiger partial charge in [-0.15, -0.1) is 0 Å². The predicted octanol–water partition coefficient (Wildman–Crippen LogP) is 2.02. The Hall–Kier alpha value is -2.40. The van der Waals surface area contributed by atoms with E-state index in [1.807, 2.05) is 16.7 Å². The van der Waals surface area contributed by atoms with Crippen molar-refractivity contribution in [1.29, 1.82) is 0 Å². The highest BCUT2D eigenvalue weighted by atomic mass is 16.1. The van der Waals surface area contributed by atoms with E-state index < -0.39 is 0 Å². The molecule has 3 aromatic rings. The number of imidazole rings is 1. The Morgan fingerprint density at radius 2 is 2.14 bits per heavy atom. The zero-order valence-electron chi connectivity index (χ0n) is 12.1. The number of hydrogen-bond donors (Lipinski definition) is 2.